The molecule has 0 bridgehead atoms. The molecule has 3 aromatic rings. The molecule has 0 spiro atoms. The first-order chi connectivity index (χ1) is 13.6. The molecule has 140 valence electrons. The fraction of sp³-hybridized carbons (Fsp3) is 0.0952. The van der Waals surface area contributed by atoms with Crippen LogP contribution in [0.3, 0.4) is 0 Å². The molecule has 28 heavy (non-hydrogen) atoms. The van der Waals surface area contributed by atoms with Gasteiger partial charge < -0.3 is 14.8 Å². The molecule has 1 aromatic heterocycles. The third-order valence-corrected chi connectivity index (χ3v) is 4.65. The van der Waals surface area contributed by atoms with Gasteiger partial charge in [0.05, 0.1) is 11.0 Å². The summed E-state index contributed by atoms with van der Waals surface area (Å²) in [5.41, 5.74) is 2.20. The third kappa shape index (κ3) is 4.61. The predicted molar refractivity (Wildman–Crippen MR) is 109 cm³/mol. The molecular weight excluding hydrogens is 374 g/mol. The van der Waals surface area contributed by atoms with Gasteiger partial charge in [-0.05, 0) is 42.2 Å². The largest absolute Gasteiger partial charge is 0.507 e. The number of fused-ring (bicyclic) bond motifs is 1. The Morgan fingerprint density at radius 2 is 2.04 bits per heavy atom. The van der Waals surface area contributed by atoms with Crippen molar-refractivity contribution in [2.45, 2.75) is 4.90 Å². The number of nitrogens with one attached hydrogen (secondary N) is 1. The van der Waals surface area contributed by atoms with Crippen LogP contribution in [0.4, 0.5) is 0 Å². The number of thioether (sulfide) groups is 1. The zero-order valence-electron chi connectivity index (χ0n) is 15.0. The maximum atomic E-state index is 11.9. The average molecular weight is 391 g/mol. The monoisotopic (exact) mass is 391 g/mol. The van der Waals surface area contributed by atoms with Crippen molar-refractivity contribution in [2.75, 3.05) is 12.9 Å². The highest BCUT2D eigenvalue weighted by atomic mass is 32.2. The fourth-order valence-electron chi connectivity index (χ4n) is 2.46. The Morgan fingerprint density at radius 1 is 1.29 bits per heavy atom. The number of aromatic amines is 1. The zero-order chi connectivity index (χ0) is 19.9. The summed E-state index contributed by atoms with van der Waals surface area (Å²) in [6, 6.07) is 16.9. The number of carbonyl (C=O) groups is 1. The van der Waals surface area contributed by atoms with E-state index in [4.69, 9.17) is 4.74 Å². The van der Waals surface area contributed by atoms with Crippen molar-refractivity contribution in [3.63, 3.8) is 0 Å². The Bertz CT molecular complexity index is 1060. The van der Waals surface area contributed by atoms with Crippen molar-refractivity contribution >= 4 is 40.4 Å². The molecule has 0 aliphatic heterocycles. The summed E-state index contributed by atoms with van der Waals surface area (Å²) >= 11 is 1.63. The van der Waals surface area contributed by atoms with Crippen molar-refractivity contribution in [2.24, 2.45) is 0 Å². The van der Waals surface area contributed by atoms with Crippen LogP contribution in [-0.4, -0.2) is 33.9 Å². The van der Waals surface area contributed by atoms with Crippen molar-refractivity contribution in [1.29, 1.82) is 5.26 Å². The number of ether oxygens (including phenoxy) is 1. The number of carbonyl (C=O) groups excluding carboxylic acids is 1. The molecule has 0 saturated carbocycles. The summed E-state index contributed by atoms with van der Waals surface area (Å²) in [7, 11) is 0. The van der Waals surface area contributed by atoms with E-state index in [2.05, 4.69) is 9.97 Å². The highest BCUT2D eigenvalue weighted by molar-refractivity contribution is 7.98. The van der Waals surface area contributed by atoms with Gasteiger partial charge in [-0.25, -0.2) is 9.78 Å². The van der Waals surface area contributed by atoms with E-state index in [1.165, 1.54) is 6.08 Å². The van der Waals surface area contributed by atoms with E-state index in [1.807, 2.05) is 54.8 Å². The maximum Gasteiger partial charge on any atom is 0.331 e. The SMILES string of the molecule is CSc1ccc(C=CC(=O)OCC(O)=C(C#N)c2nc3ccccc3[nH]2)cc1. The van der Waals surface area contributed by atoms with Gasteiger partial charge in [0.15, 0.2) is 11.6 Å². The molecule has 0 saturated heterocycles. The number of para-hydroxylation sites is 2. The van der Waals surface area contributed by atoms with Gasteiger partial charge in [0.1, 0.15) is 18.2 Å². The molecule has 1 heterocycles. The predicted octanol–water partition coefficient (Wildman–Crippen LogP) is 4.33. The van der Waals surface area contributed by atoms with Gasteiger partial charge in [0, 0.05) is 11.0 Å². The minimum atomic E-state index is -0.623. The summed E-state index contributed by atoms with van der Waals surface area (Å²) in [6.07, 6.45) is 4.88. The number of aromatic nitrogens is 2. The maximum absolute atomic E-state index is 11.9. The van der Waals surface area contributed by atoms with Gasteiger partial charge in [-0.1, -0.05) is 24.3 Å². The summed E-state index contributed by atoms with van der Waals surface area (Å²) in [4.78, 5) is 20.2. The first kappa shape index (κ1) is 19.3. The molecule has 0 radical (unpaired) electrons. The van der Waals surface area contributed by atoms with Crippen LogP contribution < -0.4 is 0 Å². The third-order valence-electron chi connectivity index (χ3n) is 3.91. The Morgan fingerprint density at radius 3 is 2.71 bits per heavy atom. The lowest BCUT2D eigenvalue weighted by Gasteiger charge is -2.03. The van der Waals surface area contributed by atoms with E-state index >= 15 is 0 Å². The van der Waals surface area contributed by atoms with Crippen molar-refractivity contribution < 1.29 is 14.6 Å². The minimum Gasteiger partial charge on any atom is -0.507 e. The van der Waals surface area contributed by atoms with E-state index in [-0.39, 0.29) is 17.2 Å². The summed E-state index contributed by atoms with van der Waals surface area (Å²) in [5, 5.41) is 19.5. The van der Waals surface area contributed by atoms with Crippen molar-refractivity contribution in [3.05, 3.63) is 71.8 Å². The number of aliphatic hydroxyl groups is 1. The van der Waals surface area contributed by atoms with Gasteiger partial charge in [0.2, 0.25) is 0 Å². The number of aliphatic hydroxyl groups excluding tert-OH is 1. The van der Waals surface area contributed by atoms with E-state index in [0.717, 1.165) is 16.0 Å². The second-order valence-electron chi connectivity index (χ2n) is 5.75. The summed E-state index contributed by atoms with van der Waals surface area (Å²) in [6.45, 7) is -0.422. The van der Waals surface area contributed by atoms with Crippen LogP contribution in [0.5, 0.6) is 0 Å². The van der Waals surface area contributed by atoms with Gasteiger partial charge >= 0.3 is 5.97 Å². The standard InChI is InChI=1S/C21H17N3O3S/c1-28-15-9-6-14(7-10-15)8-11-20(26)27-13-19(25)16(12-22)21-23-17-4-2-3-5-18(17)24-21/h2-11,25H,13H2,1H3,(H,23,24). The van der Waals surface area contributed by atoms with E-state index in [0.29, 0.717) is 5.52 Å². The number of allylic oxidation sites excluding steroid dienone is 1. The first-order valence-electron chi connectivity index (χ1n) is 8.37. The number of hydrogen-bond donors (Lipinski definition) is 2. The molecule has 0 aliphatic carbocycles. The zero-order valence-corrected chi connectivity index (χ0v) is 15.9. The molecule has 2 N–H and O–H groups in total. The normalized spacial score (nSPS) is 12.0. The van der Waals surface area contributed by atoms with E-state index < -0.39 is 12.6 Å². The molecule has 0 aliphatic rings. The highest BCUT2D eigenvalue weighted by Gasteiger charge is 2.14. The van der Waals surface area contributed by atoms with Crippen LogP contribution in [0.2, 0.25) is 0 Å². The lowest BCUT2D eigenvalue weighted by Crippen LogP contribution is -2.06. The Balaban J connectivity index is 1.66. The number of nitrogens with zero attached hydrogens (tertiary/aromatic N) is 2. The topological polar surface area (TPSA) is 99.0 Å². The molecule has 0 fully saturated rings. The Kier molecular flexibility index (Phi) is 6.14. The quantitative estimate of drug-likeness (QED) is 0.213. The molecule has 0 atom stereocenters. The minimum absolute atomic E-state index is 0.0689. The Labute approximate surface area is 166 Å². The van der Waals surface area contributed by atoms with Gasteiger partial charge in [-0.3, -0.25) is 0 Å². The van der Waals surface area contributed by atoms with Gasteiger partial charge in [-0.15, -0.1) is 11.8 Å². The number of benzene rings is 2. The molecular formula is C21H17N3O3S. The number of esters is 1. The lowest BCUT2D eigenvalue weighted by atomic mass is 10.2. The van der Waals surface area contributed by atoms with Crippen molar-refractivity contribution in [1.82, 2.24) is 9.97 Å². The number of rotatable bonds is 6. The highest BCUT2D eigenvalue weighted by Crippen LogP contribution is 2.19. The molecule has 0 amide bonds. The number of nitriles is 1. The van der Waals surface area contributed by atoms with Crippen LogP contribution in [0.25, 0.3) is 22.7 Å². The second-order valence-corrected chi connectivity index (χ2v) is 6.63. The van der Waals surface area contributed by atoms with E-state index in [1.54, 1.807) is 23.9 Å². The van der Waals surface area contributed by atoms with Crippen LogP contribution in [0, 0.1) is 11.3 Å². The number of H-pyrrole nitrogens is 1. The Hall–Kier alpha value is -3.50. The molecule has 0 unspecified atom stereocenters. The van der Waals surface area contributed by atoms with Crippen molar-refractivity contribution in [3.8, 4) is 6.07 Å². The van der Waals surface area contributed by atoms with E-state index in [9.17, 15) is 15.2 Å². The number of hydrogen-bond acceptors (Lipinski definition) is 6. The number of imidazole rings is 1. The van der Waals surface area contributed by atoms with Gasteiger partial charge in [0.25, 0.3) is 0 Å². The summed E-state index contributed by atoms with van der Waals surface area (Å²) in [5.74, 6) is -0.767. The molecule has 6 nitrogen and oxygen atoms in total. The molecule has 3 rings (SSSR count). The first-order valence-corrected chi connectivity index (χ1v) is 9.59. The van der Waals surface area contributed by atoms with Crippen LogP contribution in [0.15, 0.2) is 65.3 Å². The average Bonchev–Trinajstić information content (AvgIpc) is 3.15. The lowest BCUT2D eigenvalue weighted by molar-refractivity contribution is -0.137. The molecule has 7 heteroatoms. The van der Waals surface area contributed by atoms with Gasteiger partial charge in [-0.2, -0.15) is 5.26 Å². The van der Waals surface area contributed by atoms with Crippen LogP contribution >= 0.6 is 11.8 Å². The van der Waals surface area contributed by atoms with Crippen LogP contribution in [-0.2, 0) is 9.53 Å². The van der Waals surface area contributed by atoms with Crippen LogP contribution in [0.1, 0.15) is 11.4 Å². The summed E-state index contributed by atoms with van der Waals surface area (Å²) < 4.78 is 5.02. The second kappa shape index (κ2) is 8.93. The fourth-order valence-corrected chi connectivity index (χ4v) is 2.87. The smallest absolute Gasteiger partial charge is 0.331 e. The molecule has 2 aromatic carbocycles.